The van der Waals surface area contributed by atoms with Crippen molar-refractivity contribution < 1.29 is 23.0 Å². The first-order valence-electron chi connectivity index (χ1n) is 9.77. The highest BCUT2D eigenvalue weighted by Crippen LogP contribution is 2.44. The SMILES string of the molecule is O=C(c1ccc2c(c1)OCCO2)N1[C@@H]2CC[C@H]1CC(c1ccc(F)c(F)c1)C2. The Balaban J connectivity index is 1.36. The van der Waals surface area contributed by atoms with Gasteiger partial charge in [0.15, 0.2) is 23.1 Å². The third-order valence-electron chi connectivity index (χ3n) is 6.17. The van der Waals surface area contributed by atoms with Crippen LogP contribution in [-0.2, 0) is 0 Å². The molecule has 2 saturated heterocycles. The van der Waals surface area contributed by atoms with Gasteiger partial charge in [0.05, 0.1) is 0 Å². The van der Waals surface area contributed by atoms with Crippen molar-refractivity contribution in [2.45, 2.75) is 43.7 Å². The first-order chi connectivity index (χ1) is 13.6. The minimum Gasteiger partial charge on any atom is -0.486 e. The molecule has 1 unspecified atom stereocenters. The molecule has 3 aliphatic heterocycles. The van der Waals surface area contributed by atoms with Crippen LogP contribution in [0.15, 0.2) is 36.4 Å². The lowest BCUT2D eigenvalue weighted by atomic mass is 9.84. The van der Waals surface area contributed by atoms with E-state index in [4.69, 9.17) is 9.47 Å². The van der Waals surface area contributed by atoms with Gasteiger partial charge in [-0.1, -0.05) is 6.07 Å². The van der Waals surface area contributed by atoms with Gasteiger partial charge in [-0.25, -0.2) is 8.78 Å². The number of fused-ring (bicyclic) bond motifs is 3. The number of hydrogen-bond donors (Lipinski definition) is 0. The van der Waals surface area contributed by atoms with Crippen LogP contribution in [0.25, 0.3) is 0 Å². The Morgan fingerprint density at radius 1 is 0.893 bits per heavy atom. The Bertz CT molecular complexity index is 918. The van der Waals surface area contributed by atoms with Gasteiger partial charge in [0.2, 0.25) is 0 Å². The lowest BCUT2D eigenvalue weighted by molar-refractivity contribution is 0.0570. The molecule has 4 nitrogen and oxygen atoms in total. The van der Waals surface area contributed by atoms with Crippen LogP contribution >= 0.6 is 0 Å². The Hall–Kier alpha value is -2.63. The molecular formula is C22H21F2NO3. The Kier molecular flexibility index (Phi) is 4.22. The number of benzene rings is 2. The van der Waals surface area contributed by atoms with Crippen molar-refractivity contribution in [1.82, 2.24) is 4.90 Å². The fraction of sp³-hybridized carbons (Fsp3) is 0.409. The zero-order valence-corrected chi connectivity index (χ0v) is 15.4. The van der Waals surface area contributed by atoms with E-state index in [0.29, 0.717) is 30.3 Å². The number of piperidine rings is 1. The summed E-state index contributed by atoms with van der Waals surface area (Å²) >= 11 is 0. The summed E-state index contributed by atoms with van der Waals surface area (Å²) in [5.74, 6) is -0.188. The second kappa shape index (κ2) is 6.76. The predicted octanol–water partition coefficient (Wildman–Crippen LogP) is 4.29. The summed E-state index contributed by atoms with van der Waals surface area (Å²) in [6.07, 6.45) is 3.44. The molecule has 0 N–H and O–H groups in total. The van der Waals surface area contributed by atoms with Crippen LogP contribution in [-0.4, -0.2) is 36.1 Å². The molecule has 2 fully saturated rings. The molecule has 146 valence electrons. The minimum absolute atomic E-state index is 0.00760. The summed E-state index contributed by atoms with van der Waals surface area (Å²) in [5, 5.41) is 0. The first kappa shape index (κ1) is 17.5. The monoisotopic (exact) mass is 385 g/mol. The molecule has 0 aliphatic carbocycles. The van der Waals surface area contributed by atoms with Gasteiger partial charge < -0.3 is 14.4 Å². The number of carbonyl (C=O) groups excluding carboxylic acids is 1. The largest absolute Gasteiger partial charge is 0.486 e. The lowest BCUT2D eigenvalue weighted by Crippen LogP contribution is -2.46. The van der Waals surface area contributed by atoms with E-state index in [1.807, 2.05) is 4.90 Å². The van der Waals surface area contributed by atoms with Crippen molar-refractivity contribution in [2.75, 3.05) is 13.2 Å². The number of amides is 1. The van der Waals surface area contributed by atoms with Gasteiger partial charge in [0, 0.05) is 17.6 Å². The summed E-state index contributed by atoms with van der Waals surface area (Å²) in [4.78, 5) is 15.2. The second-order valence-electron chi connectivity index (χ2n) is 7.80. The topological polar surface area (TPSA) is 38.8 Å². The fourth-order valence-electron chi connectivity index (χ4n) is 4.87. The van der Waals surface area contributed by atoms with Crippen molar-refractivity contribution in [1.29, 1.82) is 0 Å². The van der Waals surface area contributed by atoms with Crippen LogP contribution in [0.5, 0.6) is 11.5 Å². The lowest BCUT2D eigenvalue weighted by Gasteiger charge is -2.39. The van der Waals surface area contributed by atoms with Crippen molar-refractivity contribution in [3.63, 3.8) is 0 Å². The zero-order valence-electron chi connectivity index (χ0n) is 15.4. The van der Waals surface area contributed by atoms with E-state index in [0.717, 1.165) is 31.2 Å². The standard InChI is InChI=1S/C22H21F2NO3/c23-18-5-1-13(11-19(18)24)15-9-16-3-4-17(10-15)25(16)22(26)14-2-6-20-21(12-14)28-8-7-27-20/h1-2,5-6,11-12,15-17H,3-4,7-10H2/t15?,16-,17+. The Labute approximate surface area is 162 Å². The summed E-state index contributed by atoms with van der Waals surface area (Å²) < 4.78 is 38.0. The molecule has 2 aromatic carbocycles. The van der Waals surface area contributed by atoms with Crippen LogP contribution in [0.3, 0.4) is 0 Å². The van der Waals surface area contributed by atoms with Gasteiger partial charge in [-0.2, -0.15) is 0 Å². The third kappa shape index (κ3) is 2.91. The third-order valence-corrected chi connectivity index (χ3v) is 6.17. The molecule has 3 heterocycles. The molecule has 0 radical (unpaired) electrons. The predicted molar refractivity (Wildman–Crippen MR) is 98.7 cm³/mol. The Morgan fingerprint density at radius 2 is 1.61 bits per heavy atom. The summed E-state index contributed by atoms with van der Waals surface area (Å²) in [6.45, 7) is 0.997. The molecule has 3 aliphatic rings. The van der Waals surface area contributed by atoms with Crippen LogP contribution < -0.4 is 9.47 Å². The number of hydrogen-bond acceptors (Lipinski definition) is 3. The van der Waals surface area contributed by atoms with E-state index in [1.165, 1.54) is 12.1 Å². The molecule has 0 spiro atoms. The summed E-state index contributed by atoms with van der Waals surface area (Å²) in [6, 6.07) is 9.75. The highest BCUT2D eigenvalue weighted by atomic mass is 19.2. The van der Waals surface area contributed by atoms with E-state index in [1.54, 1.807) is 24.3 Å². The fourth-order valence-corrected chi connectivity index (χ4v) is 4.87. The molecule has 0 saturated carbocycles. The molecule has 6 heteroatoms. The normalized spacial score (nSPS) is 25.6. The van der Waals surface area contributed by atoms with Crippen molar-refractivity contribution in [3.05, 3.63) is 59.2 Å². The van der Waals surface area contributed by atoms with E-state index in [9.17, 15) is 13.6 Å². The van der Waals surface area contributed by atoms with Gasteiger partial charge in [-0.3, -0.25) is 4.79 Å². The average molecular weight is 385 g/mol. The number of nitrogens with zero attached hydrogens (tertiary/aromatic N) is 1. The average Bonchev–Trinajstić information content (AvgIpc) is 2.98. The molecule has 1 amide bonds. The maximum Gasteiger partial charge on any atom is 0.254 e. The number of carbonyl (C=O) groups is 1. The number of halogens is 2. The van der Waals surface area contributed by atoms with Crippen LogP contribution in [0.2, 0.25) is 0 Å². The molecular weight excluding hydrogens is 364 g/mol. The second-order valence-corrected chi connectivity index (χ2v) is 7.80. The van der Waals surface area contributed by atoms with Crippen LogP contribution in [0.4, 0.5) is 8.78 Å². The number of rotatable bonds is 2. The Morgan fingerprint density at radius 3 is 2.32 bits per heavy atom. The minimum atomic E-state index is -0.821. The zero-order chi connectivity index (χ0) is 19.3. The van der Waals surface area contributed by atoms with Gasteiger partial charge in [-0.05, 0) is 67.5 Å². The van der Waals surface area contributed by atoms with Crippen molar-refractivity contribution >= 4 is 5.91 Å². The highest BCUT2D eigenvalue weighted by molar-refractivity contribution is 5.95. The molecule has 28 heavy (non-hydrogen) atoms. The molecule has 0 aromatic heterocycles. The van der Waals surface area contributed by atoms with Crippen molar-refractivity contribution in [3.8, 4) is 11.5 Å². The van der Waals surface area contributed by atoms with E-state index >= 15 is 0 Å². The highest BCUT2D eigenvalue weighted by Gasteiger charge is 2.44. The molecule has 3 atom stereocenters. The maximum absolute atomic E-state index is 13.6. The molecule has 5 rings (SSSR count). The van der Waals surface area contributed by atoms with Gasteiger partial charge in [0.25, 0.3) is 5.91 Å². The van der Waals surface area contributed by atoms with Crippen LogP contribution in [0, 0.1) is 11.6 Å². The number of ether oxygens (including phenoxy) is 2. The summed E-state index contributed by atoms with van der Waals surface area (Å²) in [5.41, 5.74) is 1.43. The first-order valence-corrected chi connectivity index (χ1v) is 9.77. The van der Waals surface area contributed by atoms with Gasteiger partial charge in [0.1, 0.15) is 13.2 Å². The summed E-state index contributed by atoms with van der Waals surface area (Å²) in [7, 11) is 0. The quantitative estimate of drug-likeness (QED) is 0.774. The molecule has 2 aromatic rings. The van der Waals surface area contributed by atoms with E-state index in [-0.39, 0.29) is 23.9 Å². The smallest absolute Gasteiger partial charge is 0.254 e. The van der Waals surface area contributed by atoms with Crippen molar-refractivity contribution in [2.24, 2.45) is 0 Å². The van der Waals surface area contributed by atoms with E-state index < -0.39 is 11.6 Å². The van der Waals surface area contributed by atoms with Gasteiger partial charge >= 0.3 is 0 Å². The van der Waals surface area contributed by atoms with Crippen LogP contribution in [0.1, 0.15) is 47.5 Å². The van der Waals surface area contributed by atoms with E-state index in [2.05, 4.69) is 0 Å². The molecule has 2 bridgehead atoms. The van der Waals surface area contributed by atoms with Gasteiger partial charge in [-0.15, -0.1) is 0 Å². The maximum atomic E-state index is 13.6.